The summed E-state index contributed by atoms with van der Waals surface area (Å²) < 4.78 is 0. The predicted molar refractivity (Wildman–Crippen MR) is 76.3 cm³/mol. The second-order valence-electron chi connectivity index (χ2n) is 7.83. The van der Waals surface area contributed by atoms with E-state index in [1.807, 2.05) is 6.92 Å². The Morgan fingerprint density at radius 3 is 2.53 bits per heavy atom. The molecule has 1 amide bonds. The van der Waals surface area contributed by atoms with E-state index in [1.54, 1.807) is 0 Å². The van der Waals surface area contributed by atoms with Gasteiger partial charge in [0.05, 0.1) is 5.41 Å². The summed E-state index contributed by atoms with van der Waals surface area (Å²) in [6, 6.07) is 0.110. The Morgan fingerprint density at radius 2 is 2.00 bits per heavy atom. The van der Waals surface area contributed by atoms with E-state index in [0.717, 1.165) is 31.1 Å². The third-order valence-electron chi connectivity index (χ3n) is 5.64. The summed E-state index contributed by atoms with van der Waals surface area (Å²) in [5.41, 5.74) is 0.360. The molecule has 4 fully saturated rings. The summed E-state index contributed by atoms with van der Waals surface area (Å²) in [5, 5.41) is 3.17. The first kappa shape index (κ1) is 13.0. The molecule has 0 saturated heterocycles. The van der Waals surface area contributed by atoms with Crippen molar-refractivity contribution in [1.29, 1.82) is 0 Å². The molecule has 4 bridgehead atoms. The summed E-state index contributed by atoms with van der Waals surface area (Å²) >= 11 is 0. The second kappa shape index (κ2) is 4.27. The molecule has 4 saturated carbocycles. The number of rotatable bonds is 3. The van der Waals surface area contributed by atoms with Gasteiger partial charge in [0.25, 0.3) is 0 Å². The zero-order chi connectivity index (χ0) is 13.7. The molecule has 2 nitrogen and oxygen atoms in total. The highest BCUT2D eigenvalue weighted by Gasteiger charge is 2.58. The smallest absolute Gasteiger partial charge is 0.226 e. The van der Waals surface area contributed by atoms with Crippen LogP contribution < -0.4 is 5.32 Å². The number of hydrogen-bond donors (Lipinski definition) is 1. The lowest BCUT2D eigenvalue weighted by molar-refractivity contribution is -0.155. The standard InChI is InChI=1S/C17H25NO/c1-4-5-12(2)18-15(19)17-9-13-6-14(10-17)8-16(3,7-13)11-17/h1,12-14H,5-11H2,2-3H3,(H,18,19). The Balaban J connectivity index is 1.76. The maximum Gasteiger partial charge on any atom is 0.226 e. The third kappa shape index (κ3) is 2.18. The zero-order valence-corrected chi connectivity index (χ0v) is 12.2. The lowest BCUT2D eigenvalue weighted by Gasteiger charge is -2.60. The Bertz CT molecular complexity index is 419. The minimum atomic E-state index is -0.0678. The Labute approximate surface area is 116 Å². The molecule has 4 aliphatic rings. The molecule has 2 heteroatoms. The minimum Gasteiger partial charge on any atom is -0.352 e. The van der Waals surface area contributed by atoms with Crippen molar-refractivity contribution in [3.63, 3.8) is 0 Å². The van der Waals surface area contributed by atoms with E-state index in [1.165, 1.54) is 19.3 Å². The SMILES string of the molecule is C#CCC(C)NC(=O)C12CC3CC(CC(C)(C3)C1)C2. The molecule has 104 valence electrons. The fourth-order valence-corrected chi connectivity index (χ4v) is 5.59. The summed E-state index contributed by atoms with van der Waals surface area (Å²) in [6.07, 6.45) is 13.4. The van der Waals surface area contributed by atoms with Crippen LogP contribution in [0.3, 0.4) is 0 Å². The summed E-state index contributed by atoms with van der Waals surface area (Å²) in [5.74, 6) is 4.51. The molecule has 1 N–H and O–H groups in total. The van der Waals surface area contributed by atoms with Gasteiger partial charge in [-0.05, 0) is 62.7 Å². The van der Waals surface area contributed by atoms with Crippen molar-refractivity contribution in [3.8, 4) is 12.3 Å². The highest BCUT2D eigenvalue weighted by atomic mass is 16.2. The van der Waals surface area contributed by atoms with E-state index in [2.05, 4.69) is 18.2 Å². The summed E-state index contributed by atoms with van der Waals surface area (Å²) in [4.78, 5) is 12.7. The third-order valence-corrected chi connectivity index (χ3v) is 5.64. The van der Waals surface area contributed by atoms with Gasteiger partial charge in [0, 0.05) is 12.5 Å². The minimum absolute atomic E-state index is 0.0678. The average molecular weight is 259 g/mol. The molecule has 3 unspecified atom stereocenters. The molecule has 0 aromatic heterocycles. The molecule has 0 spiro atoms. The predicted octanol–water partition coefficient (Wildman–Crippen LogP) is 3.12. The van der Waals surface area contributed by atoms with Crippen molar-refractivity contribution in [2.24, 2.45) is 22.7 Å². The number of amides is 1. The maximum atomic E-state index is 12.7. The van der Waals surface area contributed by atoms with Gasteiger partial charge in [-0.25, -0.2) is 0 Å². The van der Waals surface area contributed by atoms with Crippen LogP contribution >= 0.6 is 0 Å². The number of carbonyl (C=O) groups is 1. The van der Waals surface area contributed by atoms with Crippen LogP contribution in [-0.4, -0.2) is 11.9 Å². The van der Waals surface area contributed by atoms with Gasteiger partial charge in [-0.15, -0.1) is 12.3 Å². The van der Waals surface area contributed by atoms with E-state index in [-0.39, 0.29) is 17.4 Å². The zero-order valence-electron chi connectivity index (χ0n) is 12.2. The quantitative estimate of drug-likeness (QED) is 0.775. The number of terminal acetylenes is 1. The molecule has 0 heterocycles. The molecule has 0 radical (unpaired) electrons. The van der Waals surface area contributed by atoms with Crippen molar-refractivity contribution in [2.75, 3.05) is 0 Å². The maximum absolute atomic E-state index is 12.7. The van der Waals surface area contributed by atoms with E-state index in [0.29, 0.717) is 11.8 Å². The lowest BCUT2D eigenvalue weighted by atomic mass is 9.44. The van der Waals surface area contributed by atoms with Crippen molar-refractivity contribution >= 4 is 5.91 Å². The van der Waals surface area contributed by atoms with Crippen molar-refractivity contribution in [3.05, 3.63) is 0 Å². The second-order valence-corrected chi connectivity index (χ2v) is 7.83. The average Bonchev–Trinajstić information content (AvgIpc) is 2.25. The molecule has 4 rings (SSSR count). The van der Waals surface area contributed by atoms with Gasteiger partial charge in [-0.2, -0.15) is 0 Å². The molecular formula is C17H25NO. The highest BCUT2D eigenvalue weighted by molar-refractivity contribution is 5.83. The van der Waals surface area contributed by atoms with Crippen LogP contribution in [0.5, 0.6) is 0 Å². The molecule has 4 aliphatic carbocycles. The normalized spacial score (nSPS) is 44.7. The van der Waals surface area contributed by atoms with Gasteiger partial charge in [0.2, 0.25) is 5.91 Å². The Morgan fingerprint density at radius 1 is 1.37 bits per heavy atom. The number of nitrogens with one attached hydrogen (secondary N) is 1. The molecule has 3 atom stereocenters. The monoisotopic (exact) mass is 259 g/mol. The molecule has 0 aromatic carbocycles. The van der Waals surface area contributed by atoms with Gasteiger partial charge in [-0.3, -0.25) is 4.79 Å². The molecular weight excluding hydrogens is 234 g/mol. The van der Waals surface area contributed by atoms with Gasteiger partial charge in [0.1, 0.15) is 0 Å². The lowest BCUT2D eigenvalue weighted by Crippen LogP contribution is -2.57. The van der Waals surface area contributed by atoms with Crippen LogP contribution in [0, 0.1) is 35.0 Å². The first-order valence-electron chi connectivity index (χ1n) is 7.69. The first-order chi connectivity index (χ1) is 8.95. The van der Waals surface area contributed by atoms with Gasteiger partial charge >= 0.3 is 0 Å². The van der Waals surface area contributed by atoms with Gasteiger partial charge < -0.3 is 5.32 Å². The Kier molecular flexibility index (Phi) is 2.93. The number of hydrogen-bond acceptors (Lipinski definition) is 1. The fraction of sp³-hybridized carbons (Fsp3) is 0.824. The van der Waals surface area contributed by atoms with Gasteiger partial charge in [0.15, 0.2) is 0 Å². The van der Waals surface area contributed by atoms with Crippen molar-refractivity contribution < 1.29 is 4.79 Å². The van der Waals surface area contributed by atoms with Crippen LogP contribution in [-0.2, 0) is 4.79 Å². The van der Waals surface area contributed by atoms with Crippen LogP contribution in [0.25, 0.3) is 0 Å². The van der Waals surface area contributed by atoms with E-state index < -0.39 is 0 Å². The van der Waals surface area contributed by atoms with Crippen LogP contribution in [0.4, 0.5) is 0 Å². The van der Waals surface area contributed by atoms with Crippen LogP contribution in [0.1, 0.15) is 58.8 Å². The Hall–Kier alpha value is -0.970. The van der Waals surface area contributed by atoms with E-state index >= 15 is 0 Å². The van der Waals surface area contributed by atoms with Gasteiger partial charge in [-0.1, -0.05) is 6.92 Å². The van der Waals surface area contributed by atoms with Crippen LogP contribution in [0.2, 0.25) is 0 Å². The molecule has 19 heavy (non-hydrogen) atoms. The topological polar surface area (TPSA) is 29.1 Å². The number of carbonyl (C=O) groups excluding carboxylic acids is 1. The van der Waals surface area contributed by atoms with Crippen molar-refractivity contribution in [1.82, 2.24) is 5.32 Å². The summed E-state index contributed by atoms with van der Waals surface area (Å²) in [7, 11) is 0. The highest BCUT2D eigenvalue weighted by Crippen LogP contribution is 2.65. The largest absolute Gasteiger partial charge is 0.352 e. The summed E-state index contributed by atoms with van der Waals surface area (Å²) in [6.45, 7) is 4.41. The first-order valence-corrected chi connectivity index (χ1v) is 7.69. The fourth-order valence-electron chi connectivity index (χ4n) is 5.59. The van der Waals surface area contributed by atoms with E-state index in [9.17, 15) is 4.79 Å². The van der Waals surface area contributed by atoms with Crippen LogP contribution in [0.15, 0.2) is 0 Å². The molecule has 0 aromatic rings. The van der Waals surface area contributed by atoms with Crippen molar-refractivity contribution in [2.45, 2.75) is 64.8 Å². The molecule has 0 aliphatic heterocycles. The van der Waals surface area contributed by atoms with E-state index in [4.69, 9.17) is 6.42 Å².